The summed E-state index contributed by atoms with van der Waals surface area (Å²) in [7, 11) is 0. The molecule has 0 fully saturated rings. The highest BCUT2D eigenvalue weighted by molar-refractivity contribution is 6.39. The molecule has 0 aliphatic heterocycles. The topological polar surface area (TPSA) is 373 Å². The first kappa shape index (κ1) is 81.4. The minimum atomic E-state index is -0.477. The van der Waals surface area contributed by atoms with E-state index < -0.39 is 11.6 Å². The Morgan fingerprint density at radius 3 is 0.945 bits per heavy atom. The average molecular weight is 1410 g/mol. The Kier molecular flexibility index (Phi) is 46.6. The molecule has 0 spiro atoms. The van der Waals surface area contributed by atoms with E-state index in [0.717, 1.165) is 44.9 Å². The molecule has 0 aliphatic rings. The number of hydroxylamine groups is 5. The summed E-state index contributed by atoms with van der Waals surface area (Å²) in [5.74, 6) is -0.780. The molecule has 5 rings (SSSR count). The molecule has 1 aromatic heterocycles. The molecule has 0 saturated carbocycles. The Balaban J connectivity index is 0.000000569. The number of unbranched alkanes of at least 4 members (excludes halogenated alkanes) is 2. The summed E-state index contributed by atoms with van der Waals surface area (Å²) >= 11 is 41.3. The van der Waals surface area contributed by atoms with Crippen LogP contribution in [0, 0.1) is 11.6 Å². The standard InChI is InChI=1S/C12H16Cl2N4O.C12H16ClFN4O.C11H14Cl2N4O.C11H14ClFN4O.C10H14ClN5O/c2*1-2-3-7-19-18-12(15)17-16-8-9-10(13)5-4-6-11(9)14;2*1-2-6-18-17-11(14)16-15-7-8-9(12)4-3-5-10(8)13;1-2-5-17-16-10(12)15-14-6-8-3-4-13-7-9(8)11/h2*4-6,8H,2-3,7H2,1H3,(H3,15,17,18);2*3-5,7H,2,6H2,1H3,(H3,14,16,17);3-4,6-7H,2,5H2,1H3,(H3,12,15,16)/b2*16-8+;2*15-7+;14-6+. The van der Waals surface area contributed by atoms with Crippen LogP contribution in [-0.4, -0.2) is 98.9 Å². The normalized spacial score (nSPS) is 12.0. The van der Waals surface area contributed by atoms with E-state index in [9.17, 15) is 8.78 Å². The van der Waals surface area contributed by atoms with Gasteiger partial charge in [-0.2, -0.15) is 25.5 Å². The number of nitrogens with zero attached hydrogens (tertiary/aromatic N) is 11. The van der Waals surface area contributed by atoms with Crippen LogP contribution in [0.3, 0.4) is 0 Å². The predicted molar refractivity (Wildman–Crippen MR) is 367 cm³/mol. The highest BCUT2D eigenvalue weighted by Crippen LogP contribution is 2.24. The number of hydrogen-bond donors (Lipinski definition) is 10. The summed E-state index contributed by atoms with van der Waals surface area (Å²) in [4.78, 5) is 28.7. The third-order valence-electron chi connectivity index (χ3n) is 9.58. The minimum Gasteiger partial charge on any atom is -0.367 e. The van der Waals surface area contributed by atoms with Crippen molar-refractivity contribution in [2.45, 2.75) is 79.6 Å². The smallest absolute Gasteiger partial charge is 0.237 e. The van der Waals surface area contributed by atoms with E-state index in [-0.39, 0.29) is 51.0 Å². The van der Waals surface area contributed by atoms with Gasteiger partial charge in [-0.3, -0.25) is 29.2 Å². The number of guanidine groups is 5. The van der Waals surface area contributed by atoms with Gasteiger partial charge in [-0.15, -0.1) is 25.5 Å². The molecule has 35 heteroatoms. The van der Waals surface area contributed by atoms with Crippen molar-refractivity contribution in [1.82, 2.24) is 32.4 Å². The average Bonchev–Trinajstić information content (AvgIpc) is 3.46. The van der Waals surface area contributed by atoms with Crippen LogP contribution in [0.2, 0.25) is 35.2 Å². The highest BCUT2D eigenvalue weighted by atomic mass is 35.5. The lowest BCUT2D eigenvalue weighted by molar-refractivity contribution is 0.0816. The molecular formula is C56H74Cl7F2N21O5. The van der Waals surface area contributed by atoms with Crippen LogP contribution < -0.4 is 56.1 Å². The number of rotatable bonds is 27. The molecule has 1 heterocycles. The Morgan fingerprint density at radius 1 is 0.385 bits per heavy atom. The summed E-state index contributed by atoms with van der Waals surface area (Å²) in [6.45, 7) is 12.7. The number of nitrogens with one attached hydrogen (secondary N) is 5. The molecule has 91 heavy (non-hydrogen) atoms. The van der Waals surface area contributed by atoms with Gasteiger partial charge in [0, 0.05) is 40.2 Å². The van der Waals surface area contributed by atoms with Gasteiger partial charge in [0.2, 0.25) is 29.8 Å². The molecular weight excluding hydrogens is 1330 g/mol. The second kappa shape index (κ2) is 52.1. The summed E-state index contributed by atoms with van der Waals surface area (Å²) in [6, 6.07) is 20.8. The van der Waals surface area contributed by atoms with Crippen molar-refractivity contribution in [1.29, 1.82) is 0 Å². The molecule has 5 aromatic rings. The van der Waals surface area contributed by atoms with Crippen LogP contribution in [0.25, 0.3) is 0 Å². The molecule has 0 radical (unpaired) electrons. The first-order valence-corrected chi connectivity index (χ1v) is 30.0. The summed E-state index contributed by atoms with van der Waals surface area (Å²) in [5, 5.41) is 39.8. The van der Waals surface area contributed by atoms with Gasteiger partial charge in [-0.25, -0.2) is 36.2 Å². The van der Waals surface area contributed by atoms with Gasteiger partial charge in [0.05, 0.1) is 99.3 Å². The quantitative estimate of drug-likeness (QED) is 0.0101. The second-order valence-corrected chi connectivity index (χ2v) is 19.9. The zero-order chi connectivity index (χ0) is 67.4. The van der Waals surface area contributed by atoms with Crippen LogP contribution in [-0.2, 0) is 24.2 Å². The van der Waals surface area contributed by atoms with Gasteiger partial charge in [-0.1, -0.05) is 153 Å². The van der Waals surface area contributed by atoms with E-state index >= 15 is 0 Å². The molecule has 0 aliphatic carbocycles. The van der Waals surface area contributed by atoms with E-state index in [1.807, 2.05) is 27.7 Å². The maximum Gasteiger partial charge on any atom is 0.237 e. The fourth-order valence-corrected chi connectivity index (χ4v) is 6.82. The van der Waals surface area contributed by atoms with Crippen molar-refractivity contribution in [3.8, 4) is 0 Å². The first-order valence-electron chi connectivity index (χ1n) is 27.4. The van der Waals surface area contributed by atoms with Gasteiger partial charge < -0.3 is 28.7 Å². The maximum absolute atomic E-state index is 13.4. The fraction of sp³-hybridized carbons (Fsp3) is 0.304. The number of halogens is 9. The number of benzene rings is 4. The van der Waals surface area contributed by atoms with E-state index in [0.29, 0.717) is 74.8 Å². The molecule has 4 aromatic carbocycles. The van der Waals surface area contributed by atoms with E-state index in [2.05, 4.69) is 90.3 Å². The van der Waals surface area contributed by atoms with Crippen molar-refractivity contribution in [2.75, 3.05) is 33.0 Å². The Labute approximate surface area is 562 Å². The third-order valence-corrected chi connectivity index (χ3v) is 11.9. The summed E-state index contributed by atoms with van der Waals surface area (Å²) in [5.41, 5.74) is 41.8. The van der Waals surface area contributed by atoms with Crippen LogP contribution in [0.1, 0.15) is 107 Å². The maximum atomic E-state index is 13.4. The summed E-state index contributed by atoms with van der Waals surface area (Å²) < 4.78 is 26.7. The monoisotopic (exact) mass is 1400 g/mol. The van der Waals surface area contributed by atoms with Gasteiger partial charge in [0.1, 0.15) is 11.6 Å². The first-order chi connectivity index (χ1) is 43.8. The van der Waals surface area contributed by atoms with Gasteiger partial charge in [0.15, 0.2) is 0 Å². The molecule has 0 bridgehead atoms. The molecule has 0 unspecified atom stereocenters. The lowest BCUT2D eigenvalue weighted by atomic mass is 10.2. The van der Waals surface area contributed by atoms with Crippen LogP contribution in [0.15, 0.2) is 142 Å². The molecule has 15 N–H and O–H groups in total. The van der Waals surface area contributed by atoms with E-state index in [4.69, 9.17) is 134 Å². The molecule has 26 nitrogen and oxygen atoms in total. The molecule has 0 atom stereocenters. The predicted octanol–water partition coefficient (Wildman–Crippen LogP) is 11.4. The minimum absolute atomic E-state index is 0.0141. The highest BCUT2D eigenvalue weighted by Gasteiger charge is 2.06. The number of aromatic nitrogens is 1. The lowest BCUT2D eigenvalue weighted by Gasteiger charge is -2.03. The Hall–Kier alpha value is -7.58. The van der Waals surface area contributed by atoms with Crippen LogP contribution in [0.4, 0.5) is 8.78 Å². The fourth-order valence-electron chi connectivity index (χ4n) is 5.24. The zero-order valence-electron chi connectivity index (χ0n) is 50.3. The number of pyridine rings is 1. The van der Waals surface area contributed by atoms with E-state index in [1.54, 1.807) is 60.8 Å². The summed E-state index contributed by atoms with van der Waals surface area (Å²) in [6.07, 6.45) is 16.4. The van der Waals surface area contributed by atoms with Crippen molar-refractivity contribution in [2.24, 2.45) is 79.7 Å². The molecule has 496 valence electrons. The van der Waals surface area contributed by atoms with Crippen LogP contribution >= 0.6 is 81.2 Å². The van der Waals surface area contributed by atoms with Gasteiger partial charge >= 0.3 is 0 Å². The van der Waals surface area contributed by atoms with Crippen molar-refractivity contribution < 1.29 is 33.0 Å². The third kappa shape index (κ3) is 39.3. The Morgan fingerprint density at radius 2 is 0.659 bits per heavy atom. The molecule has 0 saturated heterocycles. The molecule has 0 amide bonds. The van der Waals surface area contributed by atoms with E-state index in [1.165, 1.54) is 61.5 Å². The van der Waals surface area contributed by atoms with Crippen LogP contribution in [0.5, 0.6) is 0 Å². The van der Waals surface area contributed by atoms with Crippen molar-refractivity contribution in [3.05, 3.63) is 166 Å². The lowest BCUT2D eigenvalue weighted by Crippen LogP contribution is -2.31. The zero-order valence-corrected chi connectivity index (χ0v) is 55.6. The van der Waals surface area contributed by atoms with Gasteiger partial charge in [0.25, 0.3) is 0 Å². The van der Waals surface area contributed by atoms with Crippen molar-refractivity contribution >= 4 is 142 Å². The van der Waals surface area contributed by atoms with Gasteiger partial charge in [-0.05, 0) is 86.7 Å². The number of hydrogen-bond acceptors (Lipinski definition) is 16. The Bertz CT molecular complexity index is 2950. The number of nitrogens with two attached hydrogens (primary N) is 5. The second-order valence-electron chi connectivity index (χ2n) is 17.0. The SMILES string of the molecule is CCCCONC(N)=N/N=C/c1c(Cl)cccc1Cl.CCCCONC(N)=N/N=C/c1c(F)cccc1Cl.CCCONC(N)=N/N=C/c1c(Cl)cccc1Cl.CCCONC(N)=N/N=C/c1c(F)cccc1Cl.CCCONC(N)=N/N=C/c1ccncc1Cl. The van der Waals surface area contributed by atoms with Crippen molar-refractivity contribution in [3.63, 3.8) is 0 Å². The largest absolute Gasteiger partial charge is 0.367 e.